The summed E-state index contributed by atoms with van der Waals surface area (Å²) in [6.45, 7) is 5.05. The van der Waals surface area contributed by atoms with Gasteiger partial charge in [0.25, 0.3) is 5.91 Å². The summed E-state index contributed by atoms with van der Waals surface area (Å²) < 4.78 is 34.4. The summed E-state index contributed by atoms with van der Waals surface area (Å²) in [6, 6.07) is 16.7. The minimum absolute atomic E-state index is 0.0145. The molecule has 9 nitrogen and oxygen atoms in total. The van der Waals surface area contributed by atoms with Crippen molar-refractivity contribution in [2.45, 2.75) is 30.5 Å². The van der Waals surface area contributed by atoms with Crippen LogP contribution in [0.25, 0.3) is 6.08 Å². The van der Waals surface area contributed by atoms with E-state index >= 15 is 0 Å². The molecule has 1 unspecified atom stereocenters. The van der Waals surface area contributed by atoms with Gasteiger partial charge in [0, 0.05) is 6.26 Å². The Hall–Kier alpha value is -3.75. The molecule has 0 spiro atoms. The van der Waals surface area contributed by atoms with Crippen molar-refractivity contribution in [3.05, 3.63) is 65.2 Å². The van der Waals surface area contributed by atoms with Crippen molar-refractivity contribution in [1.29, 1.82) is 5.26 Å². The van der Waals surface area contributed by atoms with E-state index in [1.54, 1.807) is 24.3 Å². The molecule has 0 aliphatic rings. The van der Waals surface area contributed by atoms with Crippen LogP contribution in [0.3, 0.4) is 0 Å². The van der Waals surface area contributed by atoms with Crippen molar-refractivity contribution in [2.75, 3.05) is 24.8 Å². The van der Waals surface area contributed by atoms with Gasteiger partial charge in [-0.05, 0) is 47.7 Å². The van der Waals surface area contributed by atoms with Gasteiger partial charge < -0.3 is 9.47 Å². The number of nitrogens with one attached hydrogen (secondary N) is 1. The van der Waals surface area contributed by atoms with Crippen LogP contribution < -0.4 is 14.8 Å². The van der Waals surface area contributed by atoms with Gasteiger partial charge in [-0.3, -0.25) is 10.1 Å². The third kappa shape index (κ3) is 7.37. The Bertz CT molecular complexity index is 1380. The number of nitrogens with zero attached hydrogens (tertiary/aromatic N) is 3. The smallest absolute Gasteiger partial charge is 0.268 e. The molecule has 0 saturated carbocycles. The summed E-state index contributed by atoms with van der Waals surface area (Å²) in [4.78, 5) is 12.4. The van der Waals surface area contributed by atoms with Crippen LogP contribution >= 0.6 is 11.3 Å². The Balaban J connectivity index is 1.55. The molecule has 3 rings (SSSR count). The first kappa shape index (κ1) is 26.8. The molecule has 0 fully saturated rings. The van der Waals surface area contributed by atoms with Gasteiger partial charge in [-0.1, -0.05) is 55.5 Å². The number of benzene rings is 2. The Morgan fingerprint density at radius 1 is 1.14 bits per heavy atom. The van der Waals surface area contributed by atoms with E-state index in [1.807, 2.05) is 24.3 Å². The Labute approximate surface area is 214 Å². The monoisotopic (exact) mass is 526 g/mol. The number of rotatable bonds is 11. The van der Waals surface area contributed by atoms with Gasteiger partial charge in [-0.2, -0.15) is 5.26 Å². The van der Waals surface area contributed by atoms with Crippen LogP contribution in [-0.4, -0.2) is 44.0 Å². The fourth-order valence-electron chi connectivity index (χ4n) is 3.10. The van der Waals surface area contributed by atoms with Gasteiger partial charge in [0.15, 0.2) is 0 Å². The molecule has 3 aromatic rings. The van der Waals surface area contributed by atoms with Crippen LogP contribution in [0.4, 0.5) is 5.13 Å². The Kier molecular flexibility index (Phi) is 9.16. The lowest BCUT2D eigenvalue weighted by Crippen LogP contribution is -2.13. The normalized spacial score (nSPS) is 12.4. The molecule has 1 heterocycles. The van der Waals surface area contributed by atoms with Crippen molar-refractivity contribution in [2.24, 2.45) is 0 Å². The van der Waals surface area contributed by atoms with Gasteiger partial charge in [-0.15, -0.1) is 10.2 Å². The van der Waals surface area contributed by atoms with Crippen molar-refractivity contribution in [3.8, 4) is 17.6 Å². The van der Waals surface area contributed by atoms with E-state index in [0.717, 1.165) is 18.4 Å². The van der Waals surface area contributed by atoms with E-state index in [1.165, 1.54) is 11.6 Å². The predicted molar refractivity (Wildman–Crippen MR) is 138 cm³/mol. The standard InChI is InChI=1S/C25H26N4O5S2/c1-4-17(2)21-7-5-6-8-22(21)34-14-13-33-20-11-9-18(10-12-20)15-19(16-26)23(30)27-24-28-29-25(35-24)36(3,31)32/h5-12,15,17H,4,13-14H2,1-3H3,(H,27,28,30)/b19-15-. The first-order valence-corrected chi connectivity index (χ1v) is 13.8. The van der Waals surface area contributed by atoms with Crippen molar-refractivity contribution in [3.63, 3.8) is 0 Å². The number of ether oxygens (including phenoxy) is 2. The molecule has 11 heteroatoms. The highest BCUT2D eigenvalue weighted by Crippen LogP contribution is 2.28. The van der Waals surface area contributed by atoms with Crippen LogP contribution in [-0.2, 0) is 14.6 Å². The van der Waals surface area contributed by atoms with Crippen molar-refractivity contribution in [1.82, 2.24) is 10.2 Å². The molecule has 188 valence electrons. The van der Waals surface area contributed by atoms with Crippen LogP contribution in [0.1, 0.15) is 37.3 Å². The molecular weight excluding hydrogens is 500 g/mol. The largest absolute Gasteiger partial charge is 0.490 e. The Morgan fingerprint density at radius 3 is 2.47 bits per heavy atom. The van der Waals surface area contributed by atoms with Crippen LogP contribution in [0.2, 0.25) is 0 Å². The number of nitriles is 1. The highest BCUT2D eigenvalue weighted by Gasteiger charge is 2.17. The van der Waals surface area contributed by atoms with E-state index in [0.29, 0.717) is 41.8 Å². The fraction of sp³-hybridized carbons (Fsp3) is 0.280. The number of hydrogen-bond acceptors (Lipinski definition) is 9. The number of hydrogen-bond donors (Lipinski definition) is 1. The zero-order valence-electron chi connectivity index (χ0n) is 20.1. The molecule has 0 saturated heterocycles. The molecule has 0 radical (unpaired) electrons. The molecule has 1 aromatic heterocycles. The average molecular weight is 527 g/mol. The molecule has 36 heavy (non-hydrogen) atoms. The maximum atomic E-state index is 12.4. The van der Waals surface area contributed by atoms with Crippen LogP contribution in [0.15, 0.2) is 58.4 Å². The maximum absolute atomic E-state index is 12.4. The lowest BCUT2D eigenvalue weighted by Gasteiger charge is -2.15. The molecular formula is C25H26N4O5S2. The van der Waals surface area contributed by atoms with E-state index in [2.05, 4.69) is 35.4 Å². The summed E-state index contributed by atoms with van der Waals surface area (Å²) >= 11 is 0.710. The predicted octanol–water partition coefficient (Wildman–Crippen LogP) is 4.46. The second kappa shape index (κ2) is 12.3. The van der Waals surface area contributed by atoms with Crippen LogP contribution in [0.5, 0.6) is 11.5 Å². The minimum Gasteiger partial charge on any atom is -0.490 e. The summed E-state index contributed by atoms with van der Waals surface area (Å²) in [7, 11) is -3.53. The topological polar surface area (TPSA) is 131 Å². The number of carbonyl (C=O) groups is 1. The maximum Gasteiger partial charge on any atom is 0.268 e. The molecule has 1 amide bonds. The molecule has 0 bridgehead atoms. The highest BCUT2D eigenvalue weighted by molar-refractivity contribution is 7.92. The number of aromatic nitrogens is 2. The second-order valence-corrected chi connectivity index (χ2v) is 11.0. The molecule has 0 aliphatic heterocycles. The van der Waals surface area contributed by atoms with E-state index in [9.17, 15) is 18.5 Å². The lowest BCUT2D eigenvalue weighted by atomic mass is 9.98. The summed E-state index contributed by atoms with van der Waals surface area (Å²) in [5, 5.41) is 18.9. The zero-order valence-corrected chi connectivity index (χ0v) is 21.7. The molecule has 1 atom stereocenters. The van der Waals surface area contributed by atoms with Gasteiger partial charge in [-0.25, -0.2) is 8.42 Å². The Morgan fingerprint density at radius 2 is 1.83 bits per heavy atom. The average Bonchev–Trinajstić information content (AvgIpc) is 3.35. The number of sulfone groups is 1. The number of anilines is 1. The first-order chi connectivity index (χ1) is 17.2. The van der Waals surface area contributed by atoms with Gasteiger partial charge in [0.2, 0.25) is 19.3 Å². The first-order valence-electron chi connectivity index (χ1n) is 11.1. The lowest BCUT2D eigenvalue weighted by molar-refractivity contribution is -0.112. The van der Waals surface area contributed by atoms with E-state index in [4.69, 9.17) is 9.47 Å². The molecule has 2 aromatic carbocycles. The highest BCUT2D eigenvalue weighted by atomic mass is 32.2. The molecule has 0 aliphatic carbocycles. The quantitative estimate of drug-likeness (QED) is 0.168. The third-order valence-electron chi connectivity index (χ3n) is 5.17. The summed E-state index contributed by atoms with van der Waals surface area (Å²) in [5.41, 5.74) is 1.62. The third-order valence-corrected chi connectivity index (χ3v) is 7.68. The number of amides is 1. The van der Waals surface area contributed by atoms with Crippen molar-refractivity contribution < 1.29 is 22.7 Å². The fourth-order valence-corrected chi connectivity index (χ4v) is 4.60. The van der Waals surface area contributed by atoms with E-state index < -0.39 is 15.7 Å². The van der Waals surface area contributed by atoms with E-state index in [-0.39, 0.29) is 15.0 Å². The summed E-state index contributed by atoms with van der Waals surface area (Å²) in [5.74, 6) is 1.17. The molecule has 1 N–H and O–H groups in total. The number of para-hydroxylation sites is 1. The van der Waals surface area contributed by atoms with Gasteiger partial charge in [0.1, 0.15) is 36.4 Å². The van der Waals surface area contributed by atoms with Gasteiger partial charge in [0.05, 0.1) is 0 Å². The minimum atomic E-state index is -3.53. The number of carbonyl (C=O) groups excluding carboxylic acids is 1. The SMILES string of the molecule is CCC(C)c1ccccc1OCCOc1ccc(/C=C(/C#N)C(=O)Nc2nnc(S(C)(=O)=O)s2)cc1. The van der Waals surface area contributed by atoms with Gasteiger partial charge >= 0.3 is 0 Å². The van der Waals surface area contributed by atoms with Crippen LogP contribution in [0, 0.1) is 11.3 Å². The zero-order chi connectivity index (χ0) is 26.1. The van der Waals surface area contributed by atoms with Crippen molar-refractivity contribution >= 4 is 38.3 Å². The summed E-state index contributed by atoms with van der Waals surface area (Å²) in [6.07, 6.45) is 3.43. The second-order valence-electron chi connectivity index (χ2n) is 7.88.